The van der Waals surface area contributed by atoms with E-state index in [9.17, 15) is 9.59 Å². The fourth-order valence-electron chi connectivity index (χ4n) is 3.14. The SMILES string of the molecule is CC(C)C(=O)NC1CCN(C(=O)C2CCCC2N)CC1.Cl. The molecule has 0 spiro atoms. The summed E-state index contributed by atoms with van der Waals surface area (Å²) in [5, 5.41) is 3.05. The zero-order chi connectivity index (χ0) is 14.7. The summed E-state index contributed by atoms with van der Waals surface area (Å²) in [6.45, 7) is 5.28. The monoisotopic (exact) mass is 317 g/mol. The molecule has 2 atom stereocenters. The van der Waals surface area contributed by atoms with Gasteiger partial charge in [-0.2, -0.15) is 0 Å². The Kier molecular flexibility index (Phi) is 6.94. The van der Waals surface area contributed by atoms with Gasteiger partial charge in [0, 0.05) is 31.1 Å². The number of nitrogens with zero attached hydrogens (tertiary/aromatic N) is 1. The maximum Gasteiger partial charge on any atom is 0.227 e. The molecule has 0 aromatic carbocycles. The van der Waals surface area contributed by atoms with Crippen molar-refractivity contribution in [3.05, 3.63) is 0 Å². The summed E-state index contributed by atoms with van der Waals surface area (Å²) < 4.78 is 0. The second kappa shape index (κ2) is 7.99. The molecule has 1 aliphatic heterocycles. The van der Waals surface area contributed by atoms with Crippen LogP contribution in [0.15, 0.2) is 0 Å². The highest BCUT2D eigenvalue weighted by Gasteiger charge is 2.34. The fourth-order valence-corrected chi connectivity index (χ4v) is 3.14. The molecule has 2 unspecified atom stereocenters. The van der Waals surface area contributed by atoms with Gasteiger partial charge in [0.15, 0.2) is 0 Å². The number of carbonyl (C=O) groups excluding carboxylic acids is 2. The summed E-state index contributed by atoms with van der Waals surface area (Å²) in [5.74, 6) is 0.374. The van der Waals surface area contributed by atoms with Crippen molar-refractivity contribution in [2.75, 3.05) is 13.1 Å². The lowest BCUT2D eigenvalue weighted by atomic mass is 9.98. The van der Waals surface area contributed by atoms with Gasteiger partial charge in [-0.15, -0.1) is 12.4 Å². The van der Waals surface area contributed by atoms with E-state index in [0.717, 1.165) is 45.2 Å². The molecule has 6 heteroatoms. The molecule has 21 heavy (non-hydrogen) atoms. The van der Waals surface area contributed by atoms with Crippen molar-refractivity contribution in [1.82, 2.24) is 10.2 Å². The van der Waals surface area contributed by atoms with Crippen LogP contribution in [0.1, 0.15) is 46.0 Å². The first-order chi connectivity index (χ1) is 9.49. The molecular weight excluding hydrogens is 290 g/mol. The molecule has 0 radical (unpaired) electrons. The van der Waals surface area contributed by atoms with Gasteiger partial charge in [-0.05, 0) is 25.7 Å². The third-order valence-electron chi connectivity index (χ3n) is 4.56. The van der Waals surface area contributed by atoms with Crippen LogP contribution >= 0.6 is 12.4 Å². The highest BCUT2D eigenvalue weighted by atomic mass is 35.5. The number of piperidine rings is 1. The van der Waals surface area contributed by atoms with Crippen molar-refractivity contribution in [1.29, 1.82) is 0 Å². The van der Waals surface area contributed by atoms with E-state index in [0.29, 0.717) is 0 Å². The van der Waals surface area contributed by atoms with Crippen molar-refractivity contribution in [3.8, 4) is 0 Å². The minimum absolute atomic E-state index is 0. The number of halogens is 1. The zero-order valence-electron chi connectivity index (χ0n) is 13.0. The Balaban J connectivity index is 0.00000220. The van der Waals surface area contributed by atoms with Crippen molar-refractivity contribution in [2.24, 2.45) is 17.6 Å². The van der Waals surface area contributed by atoms with Gasteiger partial charge in [-0.25, -0.2) is 0 Å². The van der Waals surface area contributed by atoms with Crippen molar-refractivity contribution in [2.45, 2.75) is 58.0 Å². The minimum atomic E-state index is 0. The van der Waals surface area contributed by atoms with Crippen LogP contribution in [0.2, 0.25) is 0 Å². The number of nitrogens with one attached hydrogen (secondary N) is 1. The summed E-state index contributed by atoms with van der Waals surface area (Å²) in [6.07, 6.45) is 4.68. The lowest BCUT2D eigenvalue weighted by molar-refractivity contribution is -0.137. The average molecular weight is 318 g/mol. The Morgan fingerprint density at radius 3 is 2.24 bits per heavy atom. The molecule has 2 aliphatic rings. The van der Waals surface area contributed by atoms with Gasteiger partial charge in [-0.3, -0.25) is 9.59 Å². The summed E-state index contributed by atoms with van der Waals surface area (Å²) >= 11 is 0. The van der Waals surface area contributed by atoms with Crippen LogP contribution in [0.4, 0.5) is 0 Å². The largest absolute Gasteiger partial charge is 0.353 e. The number of rotatable bonds is 3. The Labute approximate surface area is 133 Å². The summed E-state index contributed by atoms with van der Waals surface area (Å²) in [5.41, 5.74) is 6.01. The summed E-state index contributed by atoms with van der Waals surface area (Å²) in [4.78, 5) is 26.0. The molecule has 1 heterocycles. The molecule has 3 N–H and O–H groups in total. The van der Waals surface area contributed by atoms with Crippen LogP contribution in [0.25, 0.3) is 0 Å². The Hall–Kier alpha value is -0.810. The number of likely N-dealkylation sites (tertiary alicyclic amines) is 1. The van der Waals surface area contributed by atoms with Crippen LogP contribution in [-0.2, 0) is 9.59 Å². The van der Waals surface area contributed by atoms with E-state index >= 15 is 0 Å². The predicted molar refractivity (Wildman–Crippen MR) is 85.1 cm³/mol. The van der Waals surface area contributed by atoms with Crippen LogP contribution in [-0.4, -0.2) is 41.9 Å². The highest BCUT2D eigenvalue weighted by molar-refractivity contribution is 5.85. The first-order valence-corrected chi connectivity index (χ1v) is 7.83. The quantitative estimate of drug-likeness (QED) is 0.824. The molecule has 2 rings (SSSR count). The van der Waals surface area contributed by atoms with Crippen molar-refractivity contribution in [3.63, 3.8) is 0 Å². The standard InChI is InChI=1S/C15H27N3O2.ClH/c1-10(2)14(19)17-11-6-8-18(9-7-11)15(20)12-4-3-5-13(12)16;/h10-13H,3-9,16H2,1-2H3,(H,17,19);1H. The first kappa shape index (κ1) is 18.2. The van der Waals surface area contributed by atoms with E-state index in [1.54, 1.807) is 0 Å². The van der Waals surface area contributed by atoms with E-state index in [2.05, 4.69) is 5.32 Å². The maximum absolute atomic E-state index is 12.4. The molecule has 1 saturated carbocycles. The zero-order valence-corrected chi connectivity index (χ0v) is 13.8. The van der Waals surface area contributed by atoms with Gasteiger partial charge in [-0.1, -0.05) is 20.3 Å². The number of hydrogen-bond donors (Lipinski definition) is 2. The molecular formula is C15H28ClN3O2. The molecule has 1 saturated heterocycles. The van der Waals surface area contributed by atoms with Gasteiger partial charge in [0.2, 0.25) is 11.8 Å². The number of nitrogens with two attached hydrogens (primary N) is 1. The van der Waals surface area contributed by atoms with Gasteiger partial charge >= 0.3 is 0 Å². The fraction of sp³-hybridized carbons (Fsp3) is 0.867. The molecule has 0 aromatic rings. The van der Waals surface area contributed by atoms with Crippen molar-refractivity contribution < 1.29 is 9.59 Å². The number of amides is 2. The van der Waals surface area contributed by atoms with Crippen LogP contribution in [0.3, 0.4) is 0 Å². The van der Waals surface area contributed by atoms with E-state index in [-0.39, 0.29) is 48.1 Å². The Bertz CT molecular complexity index is 368. The summed E-state index contributed by atoms with van der Waals surface area (Å²) in [6, 6.07) is 0.257. The number of hydrogen-bond acceptors (Lipinski definition) is 3. The second-order valence-corrected chi connectivity index (χ2v) is 6.46. The average Bonchev–Trinajstić information content (AvgIpc) is 2.85. The van der Waals surface area contributed by atoms with E-state index < -0.39 is 0 Å². The third-order valence-corrected chi connectivity index (χ3v) is 4.56. The topological polar surface area (TPSA) is 75.4 Å². The highest BCUT2D eigenvalue weighted by Crippen LogP contribution is 2.27. The number of carbonyl (C=O) groups is 2. The Morgan fingerprint density at radius 1 is 1.14 bits per heavy atom. The van der Waals surface area contributed by atoms with Crippen LogP contribution < -0.4 is 11.1 Å². The Morgan fingerprint density at radius 2 is 1.76 bits per heavy atom. The molecule has 122 valence electrons. The molecule has 5 nitrogen and oxygen atoms in total. The molecule has 1 aliphatic carbocycles. The third kappa shape index (κ3) is 4.58. The van der Waals surface area contributed by atoms with E-state index in [4.69, 9.17) is 5.73 Å². The molecule has 2 amide bonds. The second-order valence-electron chi connectivity index (χ2n) is 6.46. The smallest absolute Gasteiger partial charge is 0.227 e. The minimum Gasteiger partial charge on any atom is -0.353 e. The van der Waals surface area contributed by atoms with E-state index in [1.807, 2.05) is 18.7 Å². The first-order valence-electron chi connectivity index (χ1n) is 7.83. The predicted octanol–water partition coefficient (Wildman–Crippen LogP) is 1.30. The maximum atomic E-state index is 12.4. The van der Waals surface area contributed by atoms with Crippen LogP contribution in [0, 0.1) is 11.8 Å². The molecule has 0 aromatic heterocycles. The molecule has 2 fully saturated rings. The van der Waals surface area contributed by atoms with Gasteiger partial charge in [0.25, 0.3) is 0 Å². The summed E-state index contributed by atoms with van der Waals surface area (Å²) in [7, 11) is 0. The van der Waals surface area contributed by atoms with Gasteiger partial charge < -0.3 is 16.0 Å². The lowest BCUT2D eigenvalue weighted by Crippen LogP contribution is -2.50. The molecule has 0 bridgehead atoms. The van der Waals surface area contributed by atoms with E-state index in [1.165, 1.54) is 0 Å². The van der Waals surface area contributed by atoms with Gasteiger partial charge in [0.05, 0.1) is 5.92 Å². The van der Waals surface area contributed by atoms with Crippen LogP contribution in [0.5, 0.6) is 0 Å². The lowest BCUT2D eigenvalue weighted by Gasteiger charge is -2.34. The van der Waals surface area contributed by atoms with Gasteiger partial charge in [0.1, 0.15) is 0 Å². The van der Waals surface area contributed by atoms with Crippen molar-refractivity contribution >= 4 is 24.2 Å². The normalized spacial score (nSPS) is 26.6.